The van der Waals surface area contributed by atoms with Crippen molar-refractivity contribution < 1.29 is 4.74 Å². The molecular weight excluding hydrogens is 240 g/mol. The number of methoxy groups -OCH3 is 1. The van der Waals surface area contributed by atoms with Crippen LogP contribution in [0.5, 0.6) is 0 Å². The Morgan fingerprint density at radius 3 is 3.00 bits per heavy atom. The fourth-order valence-electron chi connectivity index (χ4n) is 3.36. The van der Waals surface area contributed by atoms with Crippen LogP contribution < -0.4 is 11.3 Å². The Balaban J connectivity index is 2.16. The van der Waals surface area contributed by atoms with Crippen LogP contribution in [0.25, 0.3) is 0 Å². The van der Waals surface area contributed by atoms with E-state index >= 15 is 0 Å². The Morgan fingerprint density at radius 2 is 2.47 bits per heavy atom. The van der Waals surface area contributed by atoms with Gasteiger partial charge in [-0.05, 0) is 18.8 Å². The first-order valence-corrected chi connectivity index (χ1v) is 7.09. The third-order valence-corrected chi connectivity index (χ3v) is 4.54. The predicted octanol–water partition coefficient (Wildman–Crippen LogP) is 1.39. The summed E-state index contributed by atoms with van der Waals surface area (Å²) in [6, 6.07) is 0.0985. The molecule has 0 aliphatic heterocycles. The molecule has 0 amide bonds. The van der Waals surface area contributed by atoms with Crippen molar-refractivity contribution in [2.24, 2.45) is 18.8 Å². The Morgan fingerprint density at radius 1 is 1.68 bits per heavy atom. The summed E-state index contributed by atoms with van der Waals surface area (Å²) in [6.45, 7) is 2.29. The zero-order valence-corrected chi connectivity index (χ0v) is 12.2. The van der Waals surface area contributed by atoms with Crippen LogP contribution in [0.15, 0.2) is 12.4 Å². The molecule has 3 unspecified atom stereocenters. The second-order valence-electron chi connectivity index (χ2n) is 5.85. The molecule has 108 valence electrons. The highest BCUT2D eigenvalue weighted by Gasteiger charge is 2.42. The summed E-state index contributed by atoms with van der Waals surface area (Å²) in [5, 5.41) is 0. The standard InChI is InChI=1S/C14H26N4O/c1-11-5-4-6-14(10-11,19-3)12(17-15)9-13-16-7-8-18(13)2/h7-8,11-12,17H,4-6,9-10,15H2,1-3H3. The molecular formula is C14H26N4O. The maximum atomic E-state index is 5.91. The van der Waals surface area contributed by atoms with E-state index in [0.717, 1.165) is 25.1 Å². The number of hydrogen-bond acceptors (Lipinski definition) is 4. The molecule has 2 rings (SSSR count). The minimum absolute atomic E-state index is 0.0985. The lowest BCUT2D eigenvalue weighted by molar-refractivity contribution is -0.0796. The summed E-state index contributed by atoms with van der Waals surface area (Å²) >= 11 is 0. The van der Waals surface area contributed by atoms with Gasteiger partial charge < -0.3 is 9.30 Å². The summed E-state index contributed by atoms with van der Waals surface area (Å²) in [5.74, 6) is 7.53. The fraction of sp³-hybridized carbons (Fsp3) is 0.786. The minimum atomic E-state index is -0.168. The van der Waals surface area contributed by atoms with Crippen LogP contribution in [-0.4, -0.2) is 28.3 Å². The van der Waals surface area contributed by atoms with Crippen molar-refractivity contribution >= 4 is 0 Å². The van der Waals surface area contributed by atoms with E-state index in [1.807, 2.05) is 24.0 Å². The molecule has 5 heteroatoms. The lowest BCUT2D eigenvalue weighted by Gasteiger charge is -2.44. The van der Waals surface area contributed by atoms with E-state index in [1.165, 1.54) is 12.8 Å². The van der Waals surface area contributed by atoms with Crippen LogP contribution in [0.2, 0.25) is 0 Å². The first kappa shape index (κ1) is 14.5. The second-order valence-corrected chi connectivity index (χ2v) is 5.85. The molecule has 3 N–H and O–H groups in total. The number of aromatic nitrogens is 2. The van der Waals surface area contributed by atoms with Crippen molar-refractivity contribution in [3.05, 3.63) is 18.2 Å². The van der Waals surface area contributed by atoms with Crippen molar-refractivity contribution in [1.29, 1.82) is 0 Å². The highest BCUT2D eigenvalue weighted by atomic mass is 16.5. The average Bonchev–Trinajstić information content (AvgIpc) is 2.81. The van der Waals surface area contributed by atoms with E-state index in [4.69, 9.17) is 10.6 Å². The van der Waals surface area contributed by atoms with Gasteiger partial charge in [0.05, 0.1) is 11.6 Å². The average molecular weight is 266 g/mol. The molecule has 1 aliphatic carbocycles. The monoisotopic (exact) mass is 266 g/mol. The molecule has 1 heterocycles. The molecule has 0 bridgehead atoms. The van der Waals surface area contributed by atoms with Crippen molar-refractivity contribution in [2.75, 3.05) is 7.11 Å². The van der Waals surface area contributed by atoms with Gasteiger partial charge in [-0.25, -0.2) is 4.98 Å². The molecule has 19 heavy (non-hydrogen) atoms. The molecule has 0 spiro atoms. The molecule has 1 aromatic rings. The van der Waals surface area contributed by atoms with Crippen molar-refractivity contribution in [1.82, 2.24) is 15.0 Å². The first-order valence-electron chi connectivity index (χ1n) is 7.09. The number of nitrogens with one attached hydrogen (secondary N) is 1. The molecule has 0 aromatic carbocycles. The van der Waals surface area contributed by atoms with Crippen molar-refractivity contribution in [3.63, 3.8) is 0 Å². The second kappa shape index (κ2) is 6.03. The molecule has 1 aliphatic rings. The normalized spacial score (nSPS) is 29.4. The third-order valence-electron chi connectivity index (χ3n) is 4.54. The zero-order valence-electron chi connectivity index (χ0n) is 12.2. The van der Waals surface area contributed by atoms with Crippen LogP contribution in [0.1, 0.15) is 38.4 Å². The quantitative estimate of drug-likeness (QED) is 0.624. The summed E-state index contributed by atoms with van der Waals surface area (Å²) in [7, 11) is 3.82. The molecule has 3 atom stereocenters. The van der Waals surface area contributed by atoms with Gasteiger partial charge in [-0.3, -0.25) is 11.3 Å². The van der Waals surface area contributed by atoms with Gasteiger partial charge in [0, 0.05) is 33.0 Å². The zero-order chi connectivity index (χ0) is 13.9. The van der Waals surface area contributed by atoms with E-state index in [0.29, 0.717) is 5.92 Å². The van der Waals surface area contributed by atoms with Gasteiger partial charge in [0.1, 0.15) is 5.82 Å². The van der Waals surface area contributed by atoms with Gasteiger partial charge in [0.15, 0.2) is 0 Å². The van der Waals surface area contributed by atoms with Gasteiger partial charge in [-0.1, -0.05) is 19.8 Å². The predicted molar refractivity (Wildman–Crippen MR) is 75.4 cm³/mol. The SMILES string of the molecule is COC1(C(Cc2nccn2C)NN)CCCC(C)C1. The first-order chi connectivity index (χ1) is 9.11. The Hall–Kier alpha value is -0.910. The smallest absolute Gasteiger partial charge is 0.110 e. The molecule has 1 aromatic heterocycles. The fourth-order valence-corrected chi connectivity index (χ4v) is 3.36. The molecule has 1 fully saturated rings. The Labute approximate surface area is 115 Å². The van der Waals surface area contributed by atoms with Crippen LogP contribution in [0.4, 0.5) is 0 Å². The maximum absolute atomic E-state index is 5.91. The Kier molecular flexibility index (Phi) is 4.60. The number of imidazole rings is 1. The van der Waals surface area contributed by atoms with E-state index in [-0.39, 0.29) is 11.6 Å². The van der Waals surface area contributed by atoms with Crippen molar-refractivity contribution in [3.8, 4) is 0 Å². The highest BCUT2D eigenvalue weighted by molar-refractivity contribution is 5.03. The van der Waals surface area contributed by atoms with E-state index in [9.17, 15) is 0 Å². The molecule has 0 radical (unpaired) electrons. The summed E-state index contributed by atoms with van der Waals surface area (Å²) in [4.78, 5) is 4.39. The van der Waals surface area contributed by atoms with Gasteiger partial charge in [-0.15, -0.1) is 0 Å². The van der Waals surface area contributed by atoms with Gasteiger partial charge in [0.25, 0.3) is 0 Å². The van der Waals surface area contributed by atoms with E-state index in [2.05, 4.69) is 17.3 Å². The summed E-state index contributed by atoms with van der Waals surface area (Å²) < 4.78 is 7.95. The van der Waals surface area contributed by atoms with Crippen LogP contribution >= 0.6 is 0 Å². The molecule has 5 nitrogen and oxygen atoms in total. The lowest BCUT2D eigenvalue weighted by atomic mass is 9.74. The summed E-state index contributed by atoms with van der Waals surface area (Å²) in [6.07, 6.45) is 9.19. The number of hydrogen-bond donors (Lipinski definition) is 2. The topological polar surface area (TPSA) is 65.1 Å². The van der Waals surface area contributed by atoms with Gasteiger partial charge in [-0.2, -0.15) is 0 Å². The van der Waals surface area contributed by atoms with E-state index in [1.54, 1.807) is 7.11 Å². The van der Waals surface area contributed by atoms with Crippen LogP contribution in [0.3, 0.4) is 0 Å². The number of nitrogens with two attached hydrogens (primary N) is 1. The lowest BCUT2D eigenvalue weighted by Crippen LogP contribution is -2.57. The number of rotatable bonds is 5. The minimum Gasteiger partial charge on any atom is -0.377 e. The molecule has 0 saturated heterocycles. The van der Waals surface area contributed by atoms with Crippen LogP contribution in [-0.2, 0) is 18.2 Å². The molecule has 1 saturated carbocycles. The maximum Gasteiger partial charge on any atom is 0.110 e. The largest absolute Gasteiger partial charge is 0.377 e. The van der Waals surface area contributed by atoms with Crippen molar-refractivity contribution in [2.45, 2.75) is 50.7 Å². The number of aryl methyl sites for hydroxylation is 1. The highest BCUT2D eigenvalue weighted by Crippen LogP contribution is 2.37. The van der Waals surface area contributed by atoms with Gasteiger partial charge >= 0.3 is 0 Å². The summed E-state index contributed by atoms with van der Waals surface area (Å²) in [5.41, 5.74) is 2.80. The number of nitrogens with zero attached hydrogens (tertiary/aromatic N) is 2. The number of hydrazine groups is 1. The van der Waals surface area contributed by atoms with Crippen LogP contribution in [0, 0.1) is 5.92 Å². The Bertz CT molecular complexity index is 406. The van der Waals surface area contributed by atoms with E-state index < -0.39 is 0 Å². The third kappa shape index (κ3) is 2.99. The number of ether oxygens (including phenoxy) is 1. The van der Waals surface area contributed by atoms with Gasteiger partial charge in [0.2, 0.25) is 0 Å².